The van der Waals surface area contributed by atoms with E-state index < -0.39 is 23.8 Å². The third-order valence-electron chi connectivity index (χ3n) is 5.89. The molecule has 0 unspecified atom stereocenters. The first-order valence-electron chi connectivity index (χ1n) is 11.0. The van der Waals surface area contributed by atoms with Crippen molar-refractivity contribution in [2.45, 2.75) is 6.54 Å². The van der Waals surface area contributed by atoms with E-state index in [1.165, 1.54) is 11.7 Å². The lowest BCUT2D eigenvalue weighted by atomic mass is 10.1. The fourth-order valence-corrected chi connectivity index (χ4v) is 4.17. The number of hydrogen-bond acceptors (Lipinski definition) is 4. The van der Waals surface area contributed by atoms with Crippen LogP contribution in [0.3, 0.4) is 0 Å². The quantitative estimate of drug-likeness (QED) is 0.304. The molecule has 7 nitrogen and oxygen atoms in total. The van der Waals surface area contributed by atoms with Gasteiger partial charge >= 0.3 is 11.7 Å². The maximum Gasteiger partial charge on any atom is 0.336 e. The molecule has 2 heterocycles. The third kappa shape index (κ3) is 3.91. The van der Waals surface area contributed by atoms with Gasteiger partial charge in [0.15, 0.2) is 0 Å². The average molecular weight is 463 g/mol. The summed E-state index contributed by atoms with van der Waals surface area (Å²) >= 11 is 0. The lowest BCUT2D eigenvalue weighted by Gasteiger charge is -2.13. The summed E-state index contributed by atoms with van der Waals surface area (Å²) in [5, 5.41) is 1.12. The number of fused-ring (bicyclic) bond motifs is 2. The van der Waals surface area contributed by atoms with Crippen molar-refractivity contribution in [1.29, 1.82) is 0 Å². The molecule has 0 amide bonds. The van der Waals surface area contributed by atoms with Gasteiger partial charge in [0, 0.05) is 35.3 Å². The molecule has 7 heteroatoms. The maximum atomic E-state index is 13.6. The highest BCUT2D eigenvalue weighted by Crippen LogP contribution is 2.25. The molecule has 5 aromatic rings. The number of aryl methyl sites for hydroxylation is 1. The monoisotopic (exact) mass is 463 g/mol. The molecule has 0 aliphatic rings. The van der Waals surface area contributed by atoms with Crippen LogP contribution in [0.25, 0.3) is 27.5 Å². The standard InChI is InChI=1S/C28H21N3O4/c1-29-17-25(21-10-6-7-11-23(21)29)31-24-15-14-20(13-12-19-8-4-3-5-9-19)16-22(24)27(33)30(28(31)34)18-26(32)35-2/h3-11,14-17H,18H2,1-2H3. The highest BCUT2D eigenvalue weighted by atomic mass is 16.5. The Morgan fingerprint density at radius 1 is 0.857 bits per heavy atom. The number of nitrogens with zero attached hydrogens (tertiary/aromatic N) is 3. The summed E-state index contributed by atoms with van der Waals surface area (Å²) in [6, 6.07) is 22.3. The van der Waals surface area contributed by atoms with Crippen LogP contribution in [0.15, 0.2) is 88.6 Å². The third-order valence-corrected chi connectivity index (χ3v) is 5.89. The first-order valence-corrected chi connectivity index (χ1v) is 11.0. The predicted octanol–water partition coefficient (Wildman–Crippen LogP) is 3.22. The second-order valence-corrected chi connectivity index (χ2v) is 8.08. The van der Waals surface area contributed by atoms with Crippen molar-refractivity contribution in [3.63, 3.8) is 0 Å². The zero-order valence-electron chi connectivity index (χ0n) is 19.2. The van der Waals surface area contributed by atoms with Crippen LogP contribution >= 0.6 is 0 Å². The zero-order chi connectivity index (χ0) is 24.5. The van der Waals surface area contributed by atoms with E-state index in [4.69, 9.17) is 4.74 Å². The van der Waals surface area contributed by atoms with E-state index in [1.54, 1.807) is 18.2 Å². The Kier molecular flexibility index (Phi) is 5.55. The molecule has 0 atom stereocenters. The van der Waals surface area contributed by atoms with E-state index in [0.29, 0.717) is 16.8 Å². The Morgan fingerprint density at radius 3 is 2.34 bits per heavy atom. The largest absolute Gasteiger partial charge is 0.468 e. The minimum Gasteiger partial charge on any atom is -0.468 e. The van der Waals surface area contributed by atoms with Crippen LogP contribution in [0.1, 0.15) is 11.1 Å². The predicted molar refractivity (Wildman–Crippen MR) is 135 cm³/mol. The van der Waals surface area contributed by atoms with E-state index in [1.807, 2.05) is 72.4 Å². The normalized spacial score (nSPS) is 10.8. The van der Waals surface area contributed by atoms with Crippen LogP contribution < -0.4 is 11.2 Å². The van der Waals surface area contributed by atoms with Crippen LogP contribution in [0.5, 0.6) is 0 Å². The van der Waals surface area contributed by atoms with Gasteiger partial charge in [-0.1, -0.05) is 48.2 Å². The molecule has 0 spiro atoms. The van der Waals surface area contributed by atoms with Crippen LogP contribution in [-0.4, -0.2) is 26.8 Å². The smallest absolute Gasteiger partial charge is 0.336 e. The molecule has 5 rings (SSSR count). The number of esters is 1. The Labute approximate surface area is 200 Å². The highest BCUT2D eigenvalue weighted by molar-refractivity contribution is 5.92. The number of methoxy groups -OCH3 is 1. The minimum absolute atomic E-state index is 0.279. The summed E-state index contributed by atoms with van der Waals surface area (Å²) in [6.07, 6.45) is 1.83. The molecule has 0 aliphatic heterocycles. The van der Waals surface area contributed by atoms with Crippen LogP contribution in [0, 0.1) is 11.8 Å². The summed E-state index contributed by atoms with van der Waals surface area (Å²) < 4.78 is 9.02. The van der Waals surface area contributed by atoms with Crippen molar-refractivity contribution in [3.05, 3.63) is 111 Å². The van der Waals surface area contributed by atoms with Gasteiger partial charge in [-0.3, -0.25) is 14.2 Å². The molecule has 0 radical (unpaired) electrons. The molecule has 3 aromatic carbocycles. The average Bonchev–Trinajstić information content (AvgIpc) is 3.22. The Morgan fingerprint density at radius 2 is 1.57 bits per heavy atom. The molecule has 0 aliphatic carbocycles. The lowest BCUT2D eigenvalue weighted by molar-refractivity contribution is -0.141. The Hall–Kier alpha value is -4.83. The molecule has 0 fully saturated rings. The fourth-order valence-electron chi connectivity index (χ4n) is 4.17. The minimum atomic E-state index is -0.687. The van der Waals surface area contributed by atoms with Gasteiger partial charge in [-0.25, -0.2) is 9.36 Å². The molecule has 0 N–H and O–H groups in total. The summed E-state index contributed by atoms with van der Waals surface area (Å²) in [4.78, 5) is 39.0. The van der Waals surface area contributed by atoms with Crippen molar-refractivity contribution in [3.8, 4) is 17.5 Å². The van der Waals surface area contributed by atoms with Gasteiger partial charge < -0.3 is 9.30 Å². The first-order chi connectivity index (χ1) is 17.0. The van der Waals surface area contributed by atoms with E-state index in [-0.39, 0.29) is 5.39 Å². The molecule has 0 saturated carbocycles. The molecular formula is C28H21N3O4. The summed E-state index contributed by atoms with van der Waals surface area (Å²) in [5.74, 6) is 5.47. The van der Waals surface area contributed by atoms with Gasteiger partial charge in [0.05, 0.1) is 23.7 Å². The van der Waals surface area contributed by atoms with Crippen molar-refractivity contribution >= 4 is 27.8 Å². The SMILES string of the molecule is COC(=O)Cn1c(=O)c2cc(C#Cc3ccccc3)ccc2n(-c2cn(C)c3ccccc23)c1=O. The summed E-state index contributed by atoms with van der Waals surface area (Å²) in [5.41, 5.74) is 2.24. The van der Waals surface area contributed by atoms with Gasteiger partial charge in [0.2, 0.25) is 0 Å². The van der Waals surface area contributed by atoms with Crippen molar-refractivity contribution in [2.75, 3.05) is 7.11 Å². The van der Waals surface area contributed by atoms with Gasteiger partial charge in [0.1, 0.15) is 6.54 Å². The van der Waals surface area contributed by atoms with Crippen molar-refractivity contribution in [2.24, 2.45) is 7.05 Å². The molecule has 172 valence electrons. The van der Waals surface area contributed by atoms with Gasteiger partial charge in [-0.15, -0.1) is 0 Å². The van der Waals surface area contributed by atoms with Gasteiger partial charge in [0.25, 0.3) is 5.56 Å². The topological polar surface area (TPSA) is 75.2 Å². The van der Waals surface area contributed by atoms with E-state index >= 15 is 0 Å². The zero-order valence-corrected chi connectivity index (χ0v) is 19.2. The number of benzene rings is 3. The Bertz CT molecular complexity index is 1780. The first kappa shape index (κ1) is 22.0. The van der Waals surface area contributed by atoms with Crippen molar-refractivity contribution in [1.82, 2.24) is 13.7 Å². The maximum absolute atomic E-state index is 13.6. The molecule has 2 aromatic heterocycles. The number of rotatable bonds is 3. The van der Waals surface area contributed by atoms with Gasteiger partial charge in [-0.2, -0.15) is 0 Å². The summed E-state index contributed by atoms with van der Waals surface area (Å²) in [6.45, 7) is -0.491. The van der Waals surface area contributed by atoms with Crippen LogP contribution in [-0.2, 0) is 23.1 Å². The molecule has 0 saturated heterocycles. The van der Waals surface area contributed by atoms with Gasteiger partial charge in [-0.05, 0) is 36.4 Å². The van der Waals surface area contributed by atoms with Crippen LogP contribution in [0.4, 0.5) is 0 Å². The van der Waals surface area contributed by atoms with Crippen molar-refractivity contribution < 1.29 is 9.53 Å². The second-order valence-electron chi connectivity index (χ2n) is 8.08. The summed E-state index contributed by atoms with van der Waals surface area (Å²) in [7, 11) is 3.11. The van der Waals surface area contributed by atoms with E-state index in [9.17, 15) is 14.4 Å². The molecule has 0 bridgehead atoms. The van der Waals surface area contributed by atoms with E-state index in [0.717, 1.165) is 21.0 Å². The number of carbonyl (C=O) groups is 1. The number of carbonyl (C=O) groups excluding carboxylic acids is 1. The number of para-hydroxylation sites is 1. The molecule has 35 heavy (non-hydrogen) atoms. The highest BCUT2D eigenvalue weighted by Gasteiger charge is 2.19. The number of ether oxygens (including phenoxy) is 1. The number of hydrogen-bond donors (Lipinski definition) is 0. The van der Waals surface area contributed by atoms with E-state index in [2.05, 4.69) is 11.8 Å². The Balaban J connectivity index is 1.80. The molecular weight excluding hydrogens is 442 g/mol. The van der Waals surface area contributed by atoms with Crippen LogP contribution in [0.2, 0.25) is 0 Å². The second kappa shape index (κ2) is 8.84. The number of aromatic nitrogens is 3. The fraction of sp³-hybridized carbons (Fsp3) is 0.107. The lowest BCUT2D eigenvalue weighted by Crippen LogP contribution is -2.41.